The molecular formula is C12H13FN4O. The Balaban J connectivity index is 2.50. The van der Waals surface area contributed by atoms with Crippen LogP contribution in [0, 0.1) is 5.82 Å². The molecule has 0 bridgehead atoms. The number of ether oxygens (including phenoxy) is 1. The summed E-state index contributed by atoms with van der Waals surface area (Å²) >= 11 is 0. The lowest BCUT2D eigenvalue weighted by Crippen LogP contribution is -2.37. The van der Waals surface area contributed by atoms with Gasteiger partial charge in [-0.25, -0.2) is 9.37 Å². The molecule has 2 heterocycles. The van der Waals surface area contributed by atoms with Crippen LogP contribution < -0.4 is 10.5 Å². The van der Waals surface area contributed by atoms with Crippen LogP contribution in [0.1, 0.15) is 18.3 Å². The van der Waals surface area contributed by atoms with E-state index in [4.69, 9.17) is 10.5 Å². The molecule has 1 unspecified atom stereocenters. The van der Waals surface area contributed by atoms with E-state index in [0.29, 0.717) is 17.3 Å². The first kappa shape index (κ1) is 12.4. The highest BCUT2D eigenvalue weighted by molar-refractivity contribution is 5.34. The quantitative estimate of drug-likeness (QED) is 0.884. The minimum absolute atomic E-state index is 0.327. The molecule has 0 spiro atoms. The zero-order chi connectivity index (χ0) is 13.2. The highest BCUT2D eigenvalue weighted by Crippen LogP contribution is 2.28. The van der Waals surface area contributed by atoms with Crippen LogP contribution in [-0.4, -0.2) is 22.1 Å². The van der Waals surface area contributed by atoms with E-state index in [1.54, 1.807) is 6.92 Å². The highest BCUT2D eigenvalue weighted by Gasteiger charge is 2.31. The molecule has 5 nitrogen and oxygen atoms in total. The molecule has 0 saturated heterocycles. The molecule has 0 saturated carbocycles. The van der Waals surface area contributed by atoms with Crippen LogP contribution in [0.5, 0.6) is 5.88 Å². The van der Waals surface area contributed by atoms with Gasteiger partial charge in [-0.1, -0.05) is 0 Å². The molecule has 0 amide bonds. The van der Waals surface area contributed by atoms with E-state index >= 15 is 0 Å². The Labute approximate surface area is 104 Å². The largest absolute Gasteiger partial charge is 0.480 e. The van der Waals surface area contributed by atoms with Gasteiger partial charge in [0.15, 0.2) is 0 Å². The number of halogens is 1. The second-order valence-corrected chi connectivity index (χ2v) is 3.98. The predicted molar refractivity (Wildman–Crippen MR) is 63.4 cm³/mol. The van der Waals surface area contributed by atoms with Gasteiger partial charge in [-0.3, -0.25) is 9.97 Å². The van der Waals surface area contributed by atoms with Gasteiger partial charge in [0.05, 0.1) is 19.0 Å². The summed E-state index contributed by atoms with van der Waals surface area (Å²) in [6, 6.07) is 2.82. The van der Waals surface area contributed by atoms with E-state index < -0.39 is 11.4 Å². The summed E-state index contributed by atoms with van der Waals surface area (Å²) in [6.07, 6.45) is 4.15. The summed E-state index contributed by atoms with van der Waals surface area (Å²) < 4.78 is 18.0. The number of hydrogen-bond donors (Lipinski definition) is 1. The van der Waals surface area contributed by atoms with Gasteiger partial charge in [-0.05, 0) is 19.1 Å². The van der Waals surface area contributed by atoms with E-state index in [1.807, 2.05) is 0 Å². The average Bonchev–Trinajstić information content (AvgIpc) is 2.39. The van der Waals surface area contributed by atoms with Crippen molar-refractivity contribution in [2.45, 2.75) is 12.5 Å². The first-order valence-electron chi connectivity index (χ1n) is 5.32. The Bertz CT molecular complexity index is 542. The van der Waals surface area contributed by atoms with Crippen LogP contribution >= 0.6 is 0 Å². The van der Waals surface area contributed by atoms with Crippen molar-refractivity contribution in [2.75, 3.05) is 7.11 Å². The van der Waals surface area contributed by atoms with Crippen LogP contribution in [-0.2, 0) is 5.54 Å². The number of hydrogen-bond acceptors (Lipinski definition) is 5. The zero-order valence-electron chi connectivity index (χ0n) is 10.1. The van der Waals surface area contributed by atoms with Gasteiger partial charge in [-0.15, -0.1) is 0 Å². The number of aromatic nitrogens is 3. The second-order valence-electron chi connectivity index (χ2n) is 3.98. The van der Waals surface area contributed by atoms with Crippen molar-refractivity contribution in [3.8, 4) is 5.88 Å². The SMILES string of the molecule is COc1nccnc1C(C)(N)c1ccc(F)cn1. The van der Waals surface area contributed by atoms with E-state index in [2.05, 4.69) is 15.0 Å². The molecule has 0 aliphatic rings. The van der Waals surface area contributed by atoms with Gasteiger partial charge in [0.2, 0.25) is 5.88 Å². The molecule has 18 heavy (non-hydrogen) atoms. The van der Waals surface area contributed by atoms with E-state index in [1.165, 1.54) is 31.6 Å². The minimum atomic E-state index is -1.01. The predicted octanol–water partition coefficient (Wildman–Crippen LogP) is 1.24. The maximum Gasteiger partial charge on any atom is 0.237 e. The summed E-state index contributed by atoms with van der Waals surface area (Å²) in [5, 5.41) is 0. The van der Waals surface area contributed by atoms with Crippen LogP contribution in [0.25, 0.3) is 0 Å². The standard InChI is InChI=1S/C12H13FN4O/c1-12(14,9-4-3-8(13)7-17-9)10-11(18-2)16-6-5-15-10/h3-7H,14H2,1-2H3. The average molecular weight is 248 g/mol. The van der Waals surface area contributed by atoms with Crippen molar-refractivity contribution >= 4 is 0 Å². The summed E-state index contributed by atoms with van der Waals surface area (Å²) in [5.74, 6) is -0.0886. The molecule has 2 rings (SSSR count). The third kappa shape index (κ3) is 2.14. The van der Waals surface area contributed by atoms with Crippen molar-refractivity contribution in [3.05, 3.63) is 47.9 Å². The van der Waals surface area contributed by atoms with Crippen molar-refractivity contribution in [2.24, 2.45) is 5.73 Å². The fraction of sp³-hybridized carbons (Fsp3) is 0.250. The first-order valence-corrected chi connectivity index (χ1v) is 5.32. The van der Waals surface area contributed by atoms with Crippen LogP contribution in [0.3, 0.4) is 0 Å². The lowest BCUT2D eigenvalue weighted by atomic mass is 9.94. The van der Waals surface area contributed by atoms with Gasteiger partial charge in [-0.2, -0.15) is 0 Å². The van der Waals surface area contributed by atoms with Gasteiger partial charge < -0.3 is 10.5 Å². The molecular weight excluding hydrogens is 235 g/mol. The third-order valence-electron chi connectivity index (χ3n) is 2.61. The van der Waals surface area contributed by atoms with Crippen molar-refractivity contribution < 1.29 is 9.13 Å². The zero-order valence-corrected chi connectivity index (χ0v) is 10.1. The number of nitrogens with two attached hydrogens (primary N) is 1. The molecule has 0 aromatic carbocycles. The van der Waals surface area contributed by atoms with Gasteiger partial charge in [0, 0.05) is 12.4 Å². The molecule has 0 fully saturated rings. The molecule has 2 aromatic rings. The Morgan fingerprint density at radius 1 is 1.22 bits per heavy atom. The van der Waals surface area contributed by atoms with Gasteiger partial charge in [0.25, 0.3) is 0 Å². The summed E-state index contributed by atoms with van der Waals surface area (Å²) in [7, 11) is 1.49. The fourth-order valence-corrected chi connectivity index (χ4v) is 1.64. The molecule has 0 aliphatic carbocycles. The Morgan fingerprint density at radius 2 is 1.94 bits per heavy atom. The minimum Gasteiger partial charge on any atom is -0.480 e. The molecule has 2 N–H and O–H groups in total. The summed E-state index contributed by atoms with van der Waals surface area (Å²) in [4.78, 5) is 12.2. The van der Waals surface area contributed by atoms with Crippen molar-refractivity contribution in [1.82, 2.24) is 15.0 Å². The lowest BCUT2D eigenvalue weighted by molar-refractivity contribution is 0.375. The Morgan fingerprint density at radius 3 is 2.56 bits per heavy atom. The highest BCUT2D eigenvalue weighted by atomic mass is 19.1. The Hall–Kier alpha value is -2.08. The molecule has 6 heteroatoms. The topological polar surface area (TPSA) is 73.9 Å². The smallest absolute Gasteiger partial charge is 0.237 e. The molecule has 0 aliphatic heterocycles. The maximum absolute atomic E-state index is 12.9. The number of methoxy groups -OCH3 is 1. The fourth-order valence-electron chi connectivity index (χ4n) is 1.64. The first-order chi connectivity index (χ1) is 8.55. The number of rotatable bonds is 3. The molecule has 94 valence electrons. The van der Waals surface area contributed by atoms with Gasteiger partial charge in [0.1, 0.15) is 17.1 Å². The summed E-state index contributed by atoms with van der Waals surface area (Å²) in [6.45, 7) is 1.72. The van der Waals surface area contributed by atoms with Crippen molar-refractivity contribution in [3.63, 3.8) is 0 Å². The Kier molecular flexibility index (Phi) is 3.20. The number of pyridine rings is 1. The molecule has 2 aromatic heterocycles. The van der Waals surface area contributed by atoms with Crippen LogP contribution in [0.15, 0.2) is 30.7 Å². The maximum atomic E-state index is 12.9. The van der Waals surface area contributed by atoms with Crippen LogP contribution in [0.2, 0.25) is 0 Å². The van der Waals surface area contributed by atoms with Crippen molar-refractivity contribution in [1.29, 1.82) is 0 Å². The normalized spacial score (nSPS) is 14.0. The molecule has 0 radical (unpaired) electrons. The monoisotopic (exact) mass is 248 g/mol. The lowest BCUT2D eigenvalue weighted by Gasteiger charge is -2.24. The van der Waals surface area contributed by atoms with Crippen LogP contribution in [0.4, 0.5) is 4.39 Å². The molecule has 1 atom stereocenters. The number of nitrogens with zero attached hydrogens (tertiary/aromatic N) is 3. The van der Waals surface area contributed by atoms with E-state index in [0.717, 1.165) is 6.20 Å². The summed E-state index contributed by atoms with van der Waals surface area (Å²) in [5.41, 5.74) is 6.15. The third-order valence-corrected chi connectivity index (χ3v) is 2.61. The van der Waals surface area contributed by atoms with E-state index in [9.17, 15) is 4.39 Å². The van der Waals surface area contributed by atoms with E-state index in [-0.39, 0.29) is 0 Å². The second kappa shape index (κ2) is 4.66. The van der Waals surface area contributed by atoms with Gasteiger partial charge >= 0.3 is 0 Å².